The van der Waals surface area contributed by atoms with Gasteiger partial charge in [-0.1, -0.05) is 15.9 Å². The van der Waals surface area contributed by atoms with Crippen LogP contribution in [-0.4, -0.2) is 19.7 Å². The summed E-state index contributed by atoms with van der Waals surface area (Å²) in [4.78, 5) is 2.40. The highest BCUT2D eigenvalue weighted by Crippen LogP contribution is 2.33. The van der Waals surface area contributed by atoms with E-state index < -0.39 is 0 Å². The summed E-state index contributed by atoms with van der Waals surface area (Å²) < 4.78 is 6.74. The summed E-state index contributed by atoms with van der Waals surface area (Å²) in [5.74, 6) is 0.994. The number of nitrogens with zero attached hydrogens (tertiary/aromatic N) is 1. The van der Waals surface area contributed by atoms with Crippen molar-refractivity contribution in [2.24, 2.45) is 0 Å². The molecule has 0 spiro atoms. The third-order valence-electron chi connectivity index (χ3n) is 2.67. The minimum Gasteiger partial charge on any atom is -0.492 e. The van der Waals surface area contributed by atoms with Crippen LogP contribution in [0.15, 0.2) is 22.7 Å². The van der Waals surface area contributed by atoms with Gasteiger partial charge in [-0.15, -0.1) is 0 Å². The van der Waals surface area contributed by atoms with Gasteiger partial charge in [0.05, 0.1) is 12.3 Å². The highest BCUT2D eigenvalue weighted by Gasteiger charge is 2.16. The average Bonchev–Trinajstić information content (AvgIpc) is 2.71. The Morgan fingerprint density at radius 2 is 2.07 bits per heavy atom. The van der Waals surface area contributed by atoms with E-state index in [1.165, 1.54) is 18.5 Å². The second-order valence-corrected chi connectivity index (χ2v) is 4.65. The van der Waals surface area contributed by atoms with E-state index >= 15 is 0 Å². The van der Waals surface area contributed by atoms with Crippen LogP contribution in [0.25, 0.3) is 0 Å². The van der Waals surface area contributed by atoms with Crippen LogP contribution in [0.3, 0.4) is 0 Å². The highest BCUT2D eigenvalue weighted by atomic mass is 79.9. The van der Waals surface area contributed by atoms with Crippen molar-refractivity contribution in [3.63, 3.8) is 0 Å². The Balaban J connectivity index is 2.27. The quantitative estimate of drug-likeness (QED) is 0.834. The molecule has 2 nitrogen and oxygen atoms in total. The molecule has 0 amide bonds. The lowest BCUT2D eigenvalue weighted by Crippen LogP contribution is -2.18. The van der Waals surface area contributed by atoms with Crippen molar-refractivity contribution in [2.75, 3.05) is 24.6 Å². The molecule has 1 aliphatic rings. The first-order valence-electron chi connectivity index (χ1n) is 5.48. The lowest BCUT2D eigenvalue weighted by Gasteiger charge is -2.21. The maximum atomic E-state index is 5.66. The minimum atomic E-state index is 0.720. The van der Waals surface area contributed by atoms with Crippen LogP contribution in [0, 0.1) is 0 Å². The lowest BCUT2D eigenvalue weighted by molar-refractivity contribution is 0.340. The molecule has 82 valence electrons. The molecule has 1 aliphatic heterocycles. The lowest BCUT2D eigenvalue weighted by atomic mass is 10.2. The molecule has 0 N–H and O–H groups in total. The number of benzene rings is 1. The van der Waals surface area contributed by atoms with Gasteiger partial charge < -0.3 is 9.64 Å². The molecule has 0 unspecified atom stereocenters. The van der Waals surface area contributed by atoms with Crippen molar-refractivity contribution in [3.8, 4) is 5.75 Å². The van der Waals surface area contributed by atoms with Gasteiger partial charge in [0, 0.05) is 17.6 Å². The molecule has 1 aromatic rings. The monoisotopic (exact) mass is 269 g/mol. The topological polar surface area (TPSA) is 12.5 Å². The van der Waals surface area contributed by atoms with Crippen LogP contribution < -0.4 is 9.64 Å². The normalized spacial score (nSPS) is 15.7. The summed E-state index contributed by atoms with van der Waals surface area (Å²) >= 11 is 3.48. The van der Waals surface area contributed by atoms with Crippen LogP contribution in [0.5, 0.6) is 5.75 Å². The van der Waals surface area contributed by atoms with E-state index in [1.807, 2.05) is 6.92 Å². The van der Waals surface area contributed by atoms with Crippen molar-refractivity contribution in [1.29, 1.82) is 0 Å². The Labute approximate surface area is 99.4 Å². The standard InChI is InChI=1S/C12H16BrNO/c1-2-15-12-9-10(13)5-6-11(12)14-7-3-4-8-14/h5-6,9H,2-4,7-8H2,1H3. The summed E-state index contributed by atoms with van der Waals surface area (Å²) in [6.45, 7) is 5.05. The molecule has 2 rings (SSSR count). The fraction of sp³-hybridized carbons (Fsp3) is 0.500. The second kappa shape index (κ2) is 4.88. The zero-order valence-corrected chi connectivity index (χ0v) is 10.6. The predicted octanol–water partition coefficient (Wildman–Crippen LogP) is 3.45. The number of rotatable bonds is 3. The van der Waals surface area contributed by atoms with E-state index in [2.05, 4.69) is 39.0 Å². The summed E-state index contributed by atoms with van der Waals surface area (Å²) in [6, 6.07) is 6.27. The van der Waals surface area contributed by atoms with Crippen LogP contribution in [0.2, 0.25) is 0 Å². The Bertz CT molecular complexity index is 334. The van der Waals surface area contributed by atoms with Crippen molar-refractivity contribution in [2.45, 2.75) is 19.8 Å². The van der Waals surface area contributed by atoms with Crippen molar-refractivity contribution in [3.05, 3.63) is 22.7 Å². The van der Waals surface area contributed by atoms with Gasteiger partial charge in [0.15, 0.2) is 0 Å². The summed E-state index contributed by atoms with van der Waals surface area (Å²) in [6.07, 6.45) is 2.59. The average molecular weight is 270 g/mol. The van der Waals surface area contributed by atoms with Gasteiger partial charge in [0.25, 0.3) is 0 Å². The fourth-order valence-corrected chi connectivity index (χ4v) is 2.32. The maximum absolute atomic E-state index is 5.66. The summed E-state index contributed by atoms with van der Waals surface area (Å²) in [5.41, 5.74) is 1.23. The zero-order chi connectivity index (χ0) is 10.7. The molecule has 0 aliphatic carbocycles. The Kier molecular flexibility index (Phi) is 3.52. The molecule has 0 bridgehead atoms. The molecule has 0 saturated carbocycles. The molecule has 0 radical (unpaired) electrons. The fourth-order valence-electron chi connectivity index (χ4n) is 1.98. The SMILES string of the molecule is CCOc1cc(Br)ccc1N1CCCC1. The van der Waals surface area contributed by atoms with Crippen LogP contribution in [0.1, 0.15) is 19.8 Å². The van der Waals surface area contributed by atoms with Crippen LogP contribution >= 0.6 is 15.9 Å². The van der Waals surface area contributed by atoms with Gasteiger partial charge >= 0.3 is 0 Å². The van der Waals surface area contributed by atoms with Crippen molar-refractivity contribution in [1.82, 2.24) is 0 Å². The second-order valence-electron chi connectivity index (χ2n) is 3.74. The smallest absolute Gasteiger partial charge is 0.143 e. The van der Waals surface area contributed by atoms with E-state index in [0.29, 0.717) is 0 Å². The van der Waals surface area contributed by atoms with Gasteiger partial charge in [0.2, 0.25) is 0 Å². The summed E-state index contributed by atoms with van der Waals surface area (Å²) in [7, 11) is 0. The molecule has 1 fully saturated rings. The van der Waals surface area contributed by atoms with E-state index in [1.54, 1.807) is 0 Å². The number of hydrogen-bond acceptors (Lipinski definition) is 2. The molecule has 3 heteroatoms. The molecule has 1 heterocycles. The molecule has 15 heavy (non-hydrogen) atoms. The maximum Gasteiger partial charge on any atom is 0.143 e. The Morgan fingerprint density at radius 1 is 1.33 bits per heavy atom. The van der Waals surface area contributed by atoms with E-state index in [-0.39, 0.29) is 0 Å². The highest BCUT2D eigenvalue weighted by molar-refractivity contribution is 9.10. The van der Waals surface area contributed by atoms with Gasteiger partial charge in [0.1, 0.15) is 5.75 Å². The van der Waals surface area contributed by atoms with Crippen LogP contribution in [0.4, 0.5) is 5.69 Å². The van der Waals surface area contributed by atoms with Crippen molar-refractivity contribution < 1.29 is 4.74 Å². The first-order chi connectivity index (χ1) is 7.31. The molecule has 0 aromatic heterocycles. The number of anilines is 1. The molecule has 0 atom stereocenters. The third kappa shape index (κ3) is 2.46. The van der Waals surface area contributed by atoms with Crippen molar-refractivity contribution >= 4 is 21.6 Å². The van der Waals surface area contributed by atoms with Gasteiger partial charge in [-0.3, -0.25) is 0 Å². The predicted molar refractivity (Wildman–Crippen MR) is 66.8 cm³/mol. The first-order valence-corrected chi connectivity index (χ1v) is 6.28. The Morgan fingerprint density at radius 3 is 2.73 bits per heavy atom. The molecule has 1 saturated heterocycles. The number of hydrogen-bond donors (Lipinski definition) is 0. The van der Waals surface area contributed by atoms with Gasteiger partial charge in [-0.25, -0.2) is 0 Å². The van der Waals surface area contributed by atoms with E-state index in [0.717, 1.165) is 29.9 Å². The third-order valence-corrected chi connectivity index (χ3v) is 3.16. The zero-order valence-electron chi connectivity index (χ0n) is 9.00. The number of halogens is 1. The minimum absolute atomic E-state index is 0.720. The Hall–Kier alpha value is -0.700. The largest absolute Gasteiger partial charge is 0.492 e. The van der Waals surface area contributed by atoms with Crippen LogP contribution in [-0.2, 0) is 0 Å². The van der Waals surface area contributed by atoms with E-state index in [9.17, 15) is 0 Å². The first kappa shape index (κ1) is 10.8. The van der Waals surface area contributed by atoms with Gasteiger partial charge in [-0.2, -0.15) is 0 Å². The van der Waals surface area contributed by atoms with E-state index in [4.69, 9.17) is 4.74 Å². The molecule has 1 aromatic carbocycles. The number of ether oxygens (including phenoxy) is 1. The van der Waals surface area contributed by atoms with Gasteiger partial charge in [-0.05, 0) is 38.0 Å². The summed E-state index contributed by atoms with van der Waals surface area (Å²) in [5, 5.41) is 0. The molecular formula is C12H16BrNO. The molecular weight excluding hydrogens is 254 g/mol.